The first-order valence-electron chi connectivity index (χ1n) is 11.2. The van der Waals surface area contributed by atoms with Crippen molar-refractivity contribution >= 4 is 17.5 Å². The van der Waals surface area contributed by atoms with Crippen LogP contribution >= 0.6 is 0 Å². The van der Waals surface area contributed by atoms with Crippen molar-refractivity contribution in [3.8, 4) is 17.2 Å². The number of hydrogen-bond donors (Lipinski definition) is 2. The van der Waals surface area contributed by atoms with Crippen molar-refractivity contribution < 1.29 is 0 Å². The molecule has 1 saturated heterocycles. The molecule has 0 spiro atoms. The lowest BCUT2D eigenvalue weighted by Crippen LogP contribution is -2.32. The topological polar surface area (TPSA) is 108 Å². The molecular formula is C23H29N9. The fourth-order valence-electron chi connectivity index (χ4n) is 3.88. The number of nitriles is 1. The maximum Gasteiger partial charge on any atom is 0.229 e. The third-order valence-corrected chi connectivity index (χ3v) is 5.61. The van der Waals surface area contributed by atoms with Crippen LogP contribution in [0, 0.1) is 11.3 Å². The van der Waals surface area contributed by atoms with Crippen molar-refractivity contribution in [1.82, 2.24) is 29.6 Å². The zero-order valence-corrected chi connectivity index (χ0v) is 18.5. The number of pyridine rings is 1. The highest BCUT2D eigenvalue weighted by Gasteiger charge is 2.13. The van der Waals surface area contributed by atoms with Gasteiger partial charge < -0.3 is 15.5 Å². The summed E-state index contributed by atoms with van der Waals surface area (Å²) in [5, 5.41) is 19.9. The van der Waals surface area contributed by atoms with Gasteiger partial charge in [-0.2, -0.15) is 15.3 Å². The van der Waals surface area contributed by atoms with Crippen LogP contribution in [0.3, 0.4) is 0 Å². The molecule has 0 aromatic carbocycles. The summed E-state index contributed by atoms with van der Waals surface area (Å²) >= 11 is 0. The van der Waals surface area contributed by atoms with E-state index in [9.17, 15) is 0 Å². The Balaban J connectivity index is 1.48. The number of rotatable bonds is 7. The minimum absolute atomic E-state index is 0.370. The molecule has 0 atom stereocenters. The smallest absolute Gasteiger partial charge is 0.229 e. The summed E-state index contributed by atoms with van der Waals surface area (Å²) in [7, 11) is 1.90. The van der Waals surface area contributed by atoms with Gasteiger partial charge in [0, 0.05) is 43.7 Å². The number of aromatic nitrogens is 5. The van der Waals surface area contributed by atoms with Crippen LogP contribution in [0.25, 0.3) is 11.1 Å². The second-order valence-corrected chi connectivity index (χ2v) is 8.06. The standard InChI is InChI=1S/C23H29N9/c1-31-17-18(14-28-31)21-16-27-23(29-20-8-7-19(13-24)26-15-20)30-22(21)25-9-12-32-10-5-3-2-4-6-11-32/h7-8,14-17H,2-6,9-12H2,1H3,(H2,25,27,29,30). The molecule has 1 fully saturated rings. The van der Waals surface area contributed by atoms with Crippen LogP contribution in [0.15, 0.2) is 36.9 Å². The van der Waals surface area contributed by atoms with Crippen LogP contribution < -0.4 is 10.6 Å². The van der Waals surface area contributed by atoms with E-state index < -0.39 is 0 Å². The average Bonchev–Trinajstić information content (AvgIpc) is 3.22. The molecule has 9 nitrogen and oxygen atoms in total. The lowest BCUT2D eigenvalue weighted by atomic mass is 10.1. The van der Waals surface area contributed by atoms with E-state index >= 15 is 0 Å². The molecule has 32 heavy (non-hydrogen) atoms. The van der Waals surface area contributed by atoms with E-state index in [4.69, 9.17) is 10.2 Å². The van der Waals surface area contributed by atoms with E-state index in [1.165, 1.54) is 45.2 Å². The number of likely N-dealkylation sites (tertiary alicyclic amines) is 1. The summed E-state index contributed by atoms with van der Waals surface area (Å²) in [6.07, 6.45) is 13.8. The molecule has 0 amide bonds. The summed E-state index contributed by atoms with van der Waals surface area (Å²) in [5.74, 6) is 1.24. The van der Waals surface area contributed by atoms with Gasteiger partial charge in [-0.1, -0.05) is 19.3 Å². The minimum Gasteiger partial charge on any atom is -0.368 e. The lowest BCUT2D eigenvalue weighted by molar-refractivity contribution is 0.256. The van der Waals surface area contributed by atoms with E-state index in [2.05, 4.69) is 30.6 Å². The predicted molar refractivity (Wildman–Crippen MR) is 124 cm³/mol. The summed E-state index contributed by atoms with van der Waals surface area (Å²) < 4.78 is 1.77. The molecule has 0 radical (unpaired) electrons. The van der Waals surface area contributed by atoms with Gasteiger partial charge in [0.15, 0.2) is 0 Å². The molecule has 166 valence electrons. The molecule has 1 aliphatic rings. The molecule has 1 aliphatic heterocycles. The number of nitrogens with one attached hydrogen (secondary N) is 2. The van der Waals surface area contributed by atoms with Crippen LogP contribution in [0.5, 0.6) is 0 Å². The van der Waals surface area contributed by atoms with Crippen LogP contribution in [-0.4, -0.2) is 55.8 Å². The van der Waals surface area contributed by atoms with Gasteiger partial charge in [0.2, 0.25) is 5.95 Å². The molecule has 4 rings (SSSR count). The monoisotopic (exact) mass is 431 g/mol. The molecule has 3 aromatic rings. The van der Waals surface area contributed by atoms with E-state index in [0.717, 1.165) is 35.7 Å². The number of nitrogens with zero attached hydrogens (tertiary/aromatic N) is 7. The van der Waals surface area contributed by atoms with Crippen molar-refractivity contribution in [2.24, 2.45) is 7.05 Å². The van der Waals surface area contributed by atoms with Crippen LogP contribution in [0.1, 0.15) is 37.8 Å². The normalized spacial score (nSPS) is 14.9. The highest BCUT2D eigenvalue weighted by molar-refractivity contribution is 5.74. The molecule has 0 unspecified atom stereocenters. The number of hydrogen-bond acceptors (Lipinski definition) is 8. The third kappa shape index (κ3) is 5.80. The Morgan fingerprint density at radius 1 is 1.03 bits per heavy atom. The quantitative estimate of drug-likeness (QED) is 0.585. The van der Waals surface area contributed by atoms with Gasteiger partial charge in [-0.25, -0.2) is 9.97 Å². The first-order chi connectivity index (χ1) is 15.7. The minimum atomic E-state index is 0.370. The van der Waals surface area contributed by atoms with Gasteiger partial charge in [0.05, 0.1) is 18.1 Å². The third-order valence-electron chi connectivity index (χ3n) is 5.61. The predicted octanol–water partition coefficient (Wildman–Crippen LogP) is 3.57. The molecule has 0 bridgehead atoms. The first kappa shape index (κ1) is 21.7. The largest absolute Gasteiger partial charge is 0.368 e. The number of anilines is 3. The summed E-state index contributed by atoms with van der Waals surface area (Å²) in [6.45, 7) is 4.12. The maximum atomic E-state index is 8.93. The van der Waals surface area contributed by atoms with Gasteiger partial charge in [-0.05, 0) is 38.1 Å². The van der Waals surface area contributed by atoms with Crippen molar-refractivity contribution in [2.75, 3.05) is 36.8 Å². The molecule has 2 N–H and O–H groups in total. The van der Waals surface area contributed by atoms with E-state index in [-0.39, 0.29) is 0 Å². The molecule has 0 saturated carbocycles. The first-order valence-corrected chi connectivity index (χ1v) is 11.2. The second kappa shape index (κ2) is 10.7. The van der Waals surface area contributed by atoms with Gasteiger partial charge in [-0.15, -0.1) is 0 Å². The molecule has 3 aromatic heterocycles. The van der Waals surface area contributed by atoms with Gasteiger partial charge in [-0.3, -0.25) is 4.68 Å². The zero-order valence-electron chi connectivity index (χ0n) is 18.5. The molecule has 0 aliphatic carbocycles. The van der Waals surface area contributed by atoms with Crippen LogP contribution in [0.4, 0.5) is 17.5 Å². The molecule has 4 heterocycles. The molecule has 9 heteroatoms. The molecular weight excluding hydrogens is 402 g/mol. The Bertz CT molecular complexity index is 1040. The van der Waals surface area contributed by atoms with Gasteiger partial charge >= 0.3 is 0 Å². The van der Waals surface area contributed by atoms with Crippen molar-refractivity contribution in [1.29, 1.82) is 5.26 Å². The Labute approximate surface area is 188 Å². The highest BCUT2D eigenvalue weighted by atomic mass is 15.2. The Morgan fingerprint density at radius 2 is 1.84 bits per heavy atom. The fourth-order valence-corrected chi connectivity index (χ4v) is 3.88. The van der Waals surface area contributed by atoms with Gasteiger partial charge in [0.1, 0.15) is 17.6 Å². The second-order valence-electron chi connectivity index (χ2n) is 8.06. The Kier molecular flexibility index (Phi) is 7.25. The summed E-state index contributed by atoms with van der Waals surface area (Å²) in [5.41, 5.74) is 2.97. The van der Waals surface area contributed by atoms with Crippen LogP contribution in [0.2, 0.25) is 0 Å². The average molecular weight is 432 g/mol. The van der Waals surface area contributed by atoms with Crippen molar-refractivity contribution in [3.05, 3.63) is 42.6 Å². The van der Waals surface area contributed by atoms with Gasteiger partial charge in [0.25, 0.3) is 0 Å². The van der Waals surface area contributed by atoms with Crippen LogP contribution in [-0.2, 0) is 7.05 Å². The fraction of sp³-hybridized carbons (Fsp3) is 0.435. The summed E-state index contributed by atoms with van der Waals surface area (Å²) in [4.78, 5) is 15.8. The Hall–Kier alpha value is -3.51. The van der Waals surface area contributed by atoms with Crippen molar-refractivity contribution in [3.63, 3.8) is 0 Å². The Morgan fingerprint density at radius 3 is 2.53 bits per heavy atom. The number of aryl methyl sites for hydroxylation is 1. The highest BCUT2D eigenvalue weighted by Crippen LogP contribution is 2.27. The maximum absolute atomic E-state index is 8.93. The van der Waals surface area contributed by atoms with E-state index in [1.807, 2.05) is 31.7 Å². The SMILES string of the molecule is Cn1cc(-c2cnc(Nc3ccc(C#N)nc3)nc2NCCN2CCCCCCC2)cn1. The van der Waals surface area contributed by atoms with Crippen molar-refractivity contribution in [2.45, 2.75) is 32.1 Å². The summed E-state index contributed by atoms with van der Waals surface area (Å²) in [6, 6.07) is 5.47. The van der Waals surface area contributed by atoms with E-state index in [0.29, 0.717) is 11.6 Å². The lowest BCUT2D eigenvalue weighted by Gasteiger charge is -2.24. The van der Waals surface area contributed by atoms with E-state index in [1.54, 1.807) is 23.0 Å². The zero-order chi connectivity index (χ0) is 22.2.